The molecule has 2 aliphatic carbocycles. The normalized spacial score (nSPS) is 29.8. The maximum absolute atomic E-state index is 12.7. The van der Waals surface area contributed by atoms with Gasteiger partial charge >= 0.3 is 0 Å². The number of benzene rings is 1. The summed E-state index contributed by atoms with van der Waals surface area (Å²) >= 11 is 12.0. The van der Waals surface area contributed by atoms with Crippen LogP contribution in [-0.4, -0.2) is 28.8 Å². The van der Waals surface area contributed by atoms with Gasteiger partial charge in [-0.2, -0.15) is 5.01 Å². The number of amides is 3. The van der Waals surface area contributed by atoms with Crippen molar-refractivity contribution in [1.29, 1.82) is 0 Å². The molecule has 2 saturated carbocycles. The number of carbonyl (C=O) groups excluding carboxylic acids is 3. The SMILES string of the molecule is CC[C@@H](Oc1cc(Cl)ccc1Cl)C(=O)NN1C(=O)[C@@H]2[C@@H]3CC[C@@H](C3)[C@@H]2C1=O. The van der Waals surface area contributed by atoms with Crippen LogP contribution in [0.1, 0.15) is 32.6 Å². The molecule has 2 bridgehead atoms. The van der Waals surface area contributed by atoms with Crippen molar-refractivity contribution in [3.8, 4) is 5.75 Å². The zero-order valence-electron chi connectivity index (χ0n) is 14.8. The van der Waals surface area contributed by atoms with E-state index in [0.29, 0.717) is 16.5 Å². The maximum Gasteiger partial charge on any atom is 0.279 e. The van der Waals surface area contributed by atoms with Crippen LogP contribution in [0.2, 0.25) is 10.0 Å². The number of carbonyl (C=O) groups is 3. The summed E-state index contributed by atoms with van der Waals surface area (Å²) in [7, 11) is 0. The highest BCUT2D eigenvalue weighted by Crippen LogP contribution is 2.55. The van der Waals surface area contributed by atoms with Crippen molar-refractivity contribution in [3.05, 3.63) is 28.2 Å². The molecule has 3 fully saturated rings. The molecule has 1 N–H and O–H groups in total. The third-order valence-corrected chi connectivity index (χ3v) is 6.52. The first kappa shape index (κ1) is 18.6. The van der Waals surface area contributed by atoms with Gasteiger partial charge in [0.15, 0.2) is 6.10 Å². The number of imide groups is 1. The van der Waals surface area contributed by atoms with Crippen molar-refractivity contribution in [2.24, 2.45) is 23.7 Å². The van der Waals surface area contributed by atoms with Crippen molar-refractivity contribution in [2.75, 3.05) is 0 Å². The molecular weight excluding hydrogens is 391 g/mol. The minimum absolute atomic E-state index is 0.266. The third-order valence-electron chi connectivity index (χ3n) is 5.98. The van der Waals surface area contributed by atoms with Gasteiger partial charge in [-0.05, 0) is 49.7 Å². The van der Waals surface area contributed by atoms with E-state index >= 15 is 0 Å². The Balaban J connectivity index is 1.47. The van der Waals surface area contributed by atoms with E-state index < -0.39 is 12.0 Å². The van der Waals surface area contributed by atoms with Crippen molar-refractivity contribution < 1.29 is 19.1 Å². The minimum atomic E-state index is -0.904. The van der Waals surface area contributed by atoms with Crippen LogP contribution in [0.3, 0.4) is 0 Å². The summed E-state index contributed by atoms with van der Waals surface area (Å²) < 4.78 is 5.69. The molecule has 1 aliphatic heterocycles. The zero-order chi connectivity index (χ0) is 19.3. The van der Waals surface area contributed by atoms with Crippen LogP contribution in [0.15, 0.2) is 18.2 Å². The molecule has 3 aliphatic rings. The minimum Gasteiger partial charge on any atom is -0.479 e. The summed E-state index contributed by atoms with van der Waals surface area (Å²) in [5, 5.41) is 1.66. The van der Waals surface area contributed by atoms with Crippen LogP contribution in [-0.2, 0) is 14.4 Å². The second-order valence-electron chi connectivity index (χ2n) is 7.46. The Morgan fingerprint density at radius 2 is 1.85 bits per heavy atom. The summed E-state index contributed by atoms with van der Waals surface area (Å²) in [5.41, 5.74) is 2.48. The maximum atomic E-state index is 12.7. The second kappa shape index (κ2) is 6.99. The summed E-state index contributed by atoms with van der Waals surface area (Å²) in [6, 6.07) is 4.72. The van der Waals surface area contributed by atoms with Gasteiger partial charge < -0.3 is 4.74 Å². The number of rotatable bonds is 5. The van der Waals surface area contributed by atoms with Crippen LogP contribution in [0.5, 0.6) is 5.75 Å². The first-order valence-corrected chi connectivity index (χ1v) is 9.96. The van der Waals surface area contributed by atoms with Gasteiger partial charge in [-0.3, -0.25) is 19.8 Å². The van der Waals surface area contributed by atoms with Crippen LogP contribution in [0, 0.1) is 23.7 Å². The molecule has 27 heavy (non-hydrogen) atoms. The fourth-order valence-corrected chi connectivity index (χ4v) is 5.07. The van der Waals surface area contributed by atoms with E-state index in [1.165, 1.54) is 6.07 Å². The predicted molar refractivity (Wildman–Crippen MR) is 99.0 cm³/mol. The molecule has 144 valence electrons. The summed E-state index contributed by atoms with van der Waals surface area (Å²) in [5.74, 6) is -0.881. The van der Waals surface area contributed by atoms with Gasteiger partial charge in [0.25, 0.3) is 17.7 Å². The smallest absolute Gasteiger partial charge is 0.279 e. The topological polar surface area (TPSA) is 75.7 Å². The molecular formula is C19H20Cl2N2O4. The lowest BCUT2D eigenvalue weighted by atomic mass is 9.81. The van der Waals surface area contributed by atoms with E-state index in [1.54, 1.807) is 19.1 Å². The largest absolute Gasteiger partial charge is 0.479 e. The zero-order valence-corrected chi connectivity index (χ0v) is 16.3. The Morgan fingerprint density at radius 3 is 2.44 bits per heavy atom. The molecule has 6 nitrogen and oxygen atoms in total. The number of halogens is 2. The average Bonchev–Trinajstić information content (AvgIpc) is 3.32. The Morgan fingerprint density at radius 1 is 1.22 bits per heavy atom. The molecule has 1 saturated heterocycles. The number of hydrogen-bond donors (Lipinski definition) is 1. The van der Waals surface area contributed by atoms with Gasteiger partial charge in [0.2, 0.25) is 0 Å². The number of fused-ring (bicyclic) bond motifs is 5. The Bertz CT molecular complexity index is 787. The Kier molecular flexibility index (Phi) is 4.80. The van der Waals surface area contributed by atoms with Crippen molar-refractivity contribution in [1.82, 2.24) is 10.4 Å². The summed E-state index contributed by atoms with van der Waals surface area (Å²) in [4.78, 5) is 38.1. The van der Waals surface area contributed by atoms with E-state index in [-0.39, 0.29) is 41.2 Å². The summed E-state index contributed by atoms with van der Waals surface area (Å²) in [6.07, 6.45) is 2.35. The molecule has 5 atom stereocenters. The lowest BCUT2D eigenvalue weighted by Gasteiger charge is -2.22. The molecule has 0 aromatic heterocycles. The first-order valence-electron chi connectivity index (χ1n) is 9.20. The molecule has 0 radical (unpaired) electrons. The third kappa shape index (κ3) is 3.09. The molecule has 4 rings (SSSR count). The molecule has 0 spiro atoms. The predicted octanol–water partition coefficient (Wildman–Crippen LogP) is 3.21. The quantitative estimate of drug-likeness (QED) is 0.756. The van der Waals surface area contributed by atoms with Gasteiger partial charge in [0, 0.05) is 11.1 Å². The van der Waals surface area contributed by atoms with E-state index in [2.05, 4.69) is 5.43 Å². The van der Waals surface area contributed by atoms with E-state index in [0.717, 1.165) is 24.3 Å². The molecule has 1 aromatic carbocycles. The standard InChI is InChI=1S/C19H20Cl2N2O4/c1-2-13(27-14-8-11(20)5-6-12(14)21)17(24)22-23-18(25)15-9-3-4-10(7-9)16(15)19(23)26/h5-6,8-10,13,15-16H,2-4,7H2,1H3,(H,22,24)/t9-,10+,13-,15-,16+/m1/s1. The number of ether oxygens (including phenoxy) is 1. The Hall–Kier alpha value is -1.79. The highest BCUT2D eigenvalue weighted by Gasteiger charge is 2.61. The van der Waals surface area contributed by atoms with Crippen molar-refractivity contribution in [2.45, 2.75) is 38.7 Å². The molecule has 0 unspecified atom stereocenters. The van der Waals surface area contributed by atoms with Crippen LogP contribution in [0.25, 0.3) is 0 Å². The Labute approximate surface area is 167 Å². The molecule has 3 amide bonds. The highest BCUT2D eigenvalue weighted by atomic mass is 35.5. The highest BCUT2D eigenvalue weighted by molar-refractivity contribution is 6.34. The van der Waals surface area contributed by atoms with Crippen LogP contribution in [0.4, 0.5) is 0 Å². The number of nitrogens with one attached hydrogen (secondary N) is 1. The molecule has 1 aromatic rings. The van der Waals surface area contributed by atoms with Gasteiger partial charge in [-0.15, -0.1) is 0 Å². The van der Waals surface area contributed by atoms with Crippen LogP contribution >= 0.6 is 23.2 Å². The van der Waals surface area contributed by atoms with Gasteiger partial charge in [-0.1, -0.05) is 30.1 Å². The van der Waals surface area contributed by atoms with Crippen molar-refractivity contribution in [3.63, 3.8) is 0 Å². The van der Waals surface area contributed by atoms with E-state index in [1.807, 2.05) is 0 Å². The van der Waals surface area contributed by atoms with Gasteiger partial charge in [-0.25, -0.2) is 0 Å². The van der Waals surface area contributed by atoms with Crippen molar-refractivity contribution >= 4 is 40.9 Å². The van der Waals surface area contributed by atoms with Gasteiger partial charge in [0.1, 0.15) is 5.75 Å². The fourth-order valence-electron chi connectivity index (χ4n) is 4.74. The average molecular weight is 411 g/mol. The lowest BCUT2D eigenvalue weighted by Crippen LogP contribution is -2.51. The number of hydrogen-bond acceptors (Lipinski definition) is 4. The molecule has 1 heterocycles. The number of hydrazine groups is 1. The van der Waals surface area contributed by atoms with Crippen LogP contribution < -0.4 is 10.2 Å². The second-order valence-corrected chi connectivity index (χ2v) is 8.31. The van der Waals surface area contributed by atoms with E-state index in [9.17, 15) is 14.4 Å². The first-order chi connectivity index (χ1) is 12.9. The molecule has 8 heteroatoms. The lowest BCUT2D eigenvalue weighted by molar-refractivity contribution is -0.152. The summed E-state index contributed by atoms with van der Waals surface area (Å²) in [6.45, 7) is 1.77. The van der Waals surface area contributed by atoms with E-state index in [4.69, 9.17) is 27.9 Å². The fraction of sp³-hybridized carbons (Fsp3) is 0.526. The monoisotopic (exact) mass is 410 g/mol. The number of nitrogens with zero attached hydrogens (tertiary/aromatic N) is 1. The van der Waals surface area contributed by atoms with Gasteiger partial charge in [0.05, 0.1) is 16.9 Å².